The van der Waals surface area contributed by atoms with Crippen LogP contribution in [0.2, 0.25) is 5.15 Å². The fraction of sp³-hybridized carbons (Fsp3) is 0.692. The smallest absolute Gasteiger partial charge is 0.407 e. The first-order chi connectivity index (χ1) is 17.6. The molecule has 5 heterocycles. The van der Waals surface area contributed by atoms with Crippen LogP contribution in [0.4, 0.5) is 15.0 Å². The lowest BCUT2D eigenvalue weighted by Gasteiger charge is -2.31. The summed E-state index contributed by atoms with van der Waals surface area (Å²) in [5.74, 6) is -0.152. The van der Waals surface area contributed by atoms with Crippen LogP contribution in [0.5, 0.6) is 6.01 Å². The maximum Gasteiger partial charge on any atom is 0.407 e. The molecule has 0 radical (unpaired) electrons. The Balaban J connectivity index is 1.43. The molecule has 0 aliphatic carbocycles. The van der Waals surface area contributed by atoms with E-state index in [4.69, 9.17) is 26.1 Å². The standard InChI is InChI=1S/C26H36ClFN6O3/c1-25(2,3)37-24(35)30-17-8-4-5-11-33(15-17)22-18-14-29-21(27)19(28)20(18)31-23(32-22)36-16-26-9-6-12-34(26)13-7-10-26/h14,17H,4-13,15-16H2,1-3H3,(H,30,35)/t17-/m1/s1. The lowest BCUT2D eigenvalue weighted by molar-refractivity contribution is 0.0504. The SMILES string of the molecule is CC(C)(C)OC(=O)N[C@@H]1CCCCN(c2nc(OCC34CCCN3CCC4)nc3c(F)c(Cl)ncc23)C1. The lowest BCUT2D eigenvalue weighted by Crippen LogP contribution is -2.45. The molecule has 1 N–H and O–H groups in total. The van der Waals surface area contributed by atoms with Crippen LogP contribution in [-0.4, -0.2) is 75.9 Å². The third kappa shape index (κ3) is 5.70. The van der Waals surface area contributed by atoms with Gasteiger partial charge in [0.25, 0.3) is 0 Å². The van der Waals surface area contributed by atoms with Crippen LogP contribution in [0.3, 0.4) is 0 Å². The average Bonchev–Trinajstić information content (AvgIpc) is 3.32. The summed E-state index contributed by atoms with van der Waals surface area (Å²) in [6.45, 7) is 9.34. The fourth-order valence-corrected chi connectivity index (χ4v) is 6.03. The van der Waals surface area contributed by atoms with Crippen LogP contribution in [0, 0.1) is 5.82 Å². The number of nitrogens with zero attached hydrogens (tertiary/aromatic N) is 5. The van der Waals surface area contributed by atoms with Gasteiger partial charge in [0.15, 0.2) is 11.0 Å². The van der Waals surface area contributed by atoms with Crippen molar-refractivity contribution in [2.24, 2.45) is 0 Å². The second kappa shape index (κ2) is 10.4. The summed E-state index contributed by atoms with van der Waals surface area (Å²) in [5.41, 5.74) is -0.481. The topological polar surface area (TPSA) is 92.7 Å². The Kier molecular flexibility index (Phi) is 7.33. The third-order valence-electron chi connectivity index (χ3n) is 7.57. The van der Waals surface area contributed by atoms with Crippen molar-refractivity contribution < 1.29 is 18.7 Å². The van der Waals surface area contributed by atoms with Gasteiger partial charge < -0.3 is 19.7 Å². The van der Waals surface area contributed by atoms with Crippen LogP contribution >= 0.6 is 11.6 Å². The van der Waals surface area contributed by atoms with Gasteiger partial charge in [-0.15, -0.1) is 0 Å². The number of amides is 1. The van der Waals surface area contributed by atoms with E-state index in [1.807, 2.05) is 20.8 Å². The number of halogens is 2. The normalized spacial score (nSPS) is 22.1. The average molecular weight is 535 g/mol. The first kappa shape index (κ1) is 26.2. The van der Waals surface area contributed by atoms with Crippen molar-refractivity contribution in [1.82, 2.24) is 25.2 Å². The minimum atomic E-state index is -0.688. The molecule has 202 valence electrons. The molecule has 9 nitrogen and oxygen atoms in total. The summed E-state index contributed by atoms with van der Waals surface area (Å²) in [6, 6.07) is -0.0149. The number of pyridine rings is 1. The molecule has 3 fully saturated rings. The van der Waals surface area contributed by atoms with Gasteiger partial charge in [0.05, 0.1) is 10.9 Å². The Labute approximate surface area is 222 Å². The van der Waals surface area contributed by atoms with Crippen LogP contribution in [0.25, 0.3) is 10.9 Å². The Morgan fingerprint density at radius 2 is 1.95 bits per heavy atom. The highest BCUT2D eigenvalue weighted by Gasteiger charge is 2.45. The quantitative estimate of drug-likeness (QED) is 0.551. The number of alkyl carbamates (subject to hydrolysis) is 1. The van der Waals surface area contributed by atoms with Gasteiger partial charge in [0.2, 0.25) is 0 Å². The first-order valence-electron chi connectivity index (χ1n) is 13.3. The highest BCUT2D eigenvalue weighted by molar-refractivity contribution is 6.30. The van der Waals surface area contributed by atoms with Gasteiger partial charge in [0, 0.05) is 25.3 Å². The van der Waals surface area contributed by atoms with Gasteiger partial charge in [-0.05, 0) is 78.8 Å². The minimum absolute atomic E-state index is 0.0119. The summed E-state index contributed by atoms with van der Waals surface area (Å²) in [4.78, 5) is 30.2. The molecule has 0 aromatic carbocycles. The molecule has 1 atom stereocenters. The number of hydrogen-bond donors (Lipinski definition) is 1. The first-order valence-corrected chi connectivity index (χ1v) is 13.7. The number of fused-ring (bicyclic) bond motifs is 2. The monoisotopic (exact) mass is 534 g/mol. The maximum atomic E-state index is 15.1. The number of rotatable bonds is 5. The zero-order valence-electron chi connectivity index (χ0n) is 21.9. The van der Waals surface area contributed by atoms with Crippen LogP contribution < -0.4 is 15.0 Å². The van der Waals surface area contributed by atoms with Gasteiger partial charge in [-0.1, -0.05) is 11.6 Å². The summed E-state index contributed by atoms with van der Waals surface area (Å²) < 4.78 is 26.8. The van der Waals surface area contributed by atoms with E-state index in [9.17, 15) is 4.79 Å². The van der Waals surface area contributed by atoms with Crippen molar-refractivity contribution in [2.75, 3.05) is 37.7 Å². The molecule has 0 bridgehead atoms. The highest BCUT2D eigenvalue weighted by atomic mass is 35.5. The zero-order chi connectivity index (χ0) is 26.2. The predicted molar refractivity (Wildman–Crippen MR) is 140 cm³/mol. The van der Waals surface area contributed by atoms with Gasteiger partial charge >= 0.3 is 12.1 Å². The van der Waals surface area contributed by atoms with E-state index < -0.39 is 17.5 Å². The minimum Gasteiger partial charge on any atom is -0.461 e. The molecule has 2 aromatic heterocycles. The van der Waals surface area contributed by atoms with E-state index in [0.29, 0.717) is 30.9 Å². The predicted octanol–water partition coefficient (Wildman–Crippen LogP) is 4.71. The number of aromatic nitrogens is 3. The molecule has 3 aliphatic heterocycles. The molecule has 2 aromatic rings. The fourth-order valence-electron chi connectivity index (χ4n) is 5.89. The van der Waals surface area contributed by atoms with Gasteiger partial charge in [-0.25, -0.2) is 14.2 Å². The highest BCUT2D eigenvalue weighted by Crippen LogP contribution is 2.39. The third-order valence-corrected chi connectivity index (χ3v) is 7.84. The van der Waals surface area contributed by atoms with Gasteiger partial charge in [-0.3, -0.25) is 4.90 Å². The second-order valence-corrected chi connectivity index (χ2v) is 11.8. The van der Waals surface area contributed by atoms with Crippen LogP contribution in [0.1, 0.15) is 65.7 Å². The van der Waals surface area contributed by atoms with Crippen LogP contribution in [0.15, 0.2) is 6.20 Å². The van der Waals surface area contributed by atoms with E-state index in [2.05, 4.69) is 25.1 Å². The molecule has 0 unspecified atom stereocenters. The number of carbonyl (C=O) groups excluding carboxylic acids is 1. The van der Waals surface area contributed by atoms with E-state index in [-0.39, 0.29) is 28.3 Å². The molecule has 37 heavy (non-hydrogen) atoms. The number of hydrogen-bond acceptors (Lipinski definition) is 8. The van der Waals surface area contributed by atoms with E-state index >= 15 is 4.39 Å². The number of carbonyl (C=O) groups is 1. The summed E-state index contributed by atoms with van der Waals surface area (Å²) in [5, 5.41) is 3.22. The van der Waals surface area contributed by atoms with Crippen molar-refractivity contribution in [3.63, 3.8) is 0 Å². The summed E-state index contributed by atoms with van der Waals surface area (Å²) in [6.07, 6.45) is 8.17. The van der Waals surface area contributed by atoms with E-state index in [0.717, 1.165) is 58.0 Å². The Hall–Kier alpha value is -2.46. The van der Waals surface area contributed by atoms with Crippen molar-refractivity contribution in [3.8, 4) is 6.01 Å². The molecule has 5 rings (SSSR count). The molecule has 0 saturated carbocycles. The van der Waals surface area contributed by atoms with Crippen molar-refractivity contribution in [1.29, 1.82) is 0 Å². The molecular formula is C26H36ClFN6O3. The van der Waals surface area contributed by atoms with Crippen molar-refractivity contribution in [3.05, 3.63) is 17.2 Å². The van der Waals surface area contributed by atoms with E-state index in [1.165, 1.54) is 6.20 Å². The van der Waals surface area contributed by atoms with E-state index in [1.54, 1.807) is 0 Å². The Bertz CT molecular complexity index is 1150. The second-order valence-electron chi connectivity index (χ2n) is 11.4. The molecule has 0 spiro atoms. The van der Waals surface area contributed by atoms with Gasteiger partial charge in [0.1, 0.15) is 23.5 Å². The molecular weight excluding hydrogens is 499 g/mol. The van der Waals surface area contributed by atoms with Crippen LogP contribution in [-0.2, 0) is 4.74 Å². The van der Waals surface area contributed by atoms with Crippen molar-refractivity contribution in [2.45, 2.75) is 82.9 Å². The Morgan fingerprint density at radius 1 is 1.19 bits per heavy atom. The number of anilines is 1. The van der Waals surface area contributed by atoms with Gasteiger partial charge in [-0.2, -0.15) is 9.97 Å². The number of nitrogens with one attached hydrogen (secondary N) is 1. The molecule has 11 heteroatoms. The molecule has 1 amide bonds. The maximum absolute atomic E-state index is 15.1. The van der Waals surface area contributed by atoms with Crippen molar-refractivity contribution >= 4 is 34.4 Å². The molecule has 3 saturated heterocycles. The number of ether oxygens (including phenoxy) is 2. The summed E-state index contributed by atoms with van der Waals surface area (Å²) >= 11 is 6.02. The molecule has 3 aliphatic rings. The summed E-state index contributed by atoms with van der Waals surface area (Å²) in [7, 11) is 0. The lowest BCUT2D eigenvalue weighted by atomic mass is 9.95. The largest absolute Gasteiger partial charge is 0.461 e. The Morgan fingerprint density at radius 3 is 2.68 bits per heavy atom. The zero-order valence-corrected chi connectivity index (χ0v) is 22.6.